The van der Waals surface area contributed by atoms with E-state index in [0.717, 1.165) is 13.2 Å². The Hall–Kier alpha value is -0.340. The molecule has 2 atom stereocenters. The SMILES string of the molecule is C1=CCC(NCC2CCCO2)CC1. The Balaban J connectivity index is 1.63. The van der Waals surface area contributed by atoms with E-state index in [2.05, 4.69) is 17.5 Å². The largest absolute Gasteiger partial charge is 0.377 e. The summed E-state index contributed by atoms with van der Waals surface area (Å²) < 4.78 is 5.56. The van der Waals surface area contributed by atoms with Gasteiger partial charge in [-0.05, 0) is 32.1 Å². The average Bonchev–Trinajstić information content (AvgIpc) is 2.69. The molecule has 2 heteroatoms. The van der Waals surface area contributed by atoms with Gasteiger partial charge in [0.25, 0.3) is 0 Å². The molecule has 0 aromatic carbocycles. The standard InChI is InChI=1S/C11H19NO/c1-2-5-10(6-3-1)12-9-11-7-4-8-13-11/h1-2,10-12H,3-9H2. The smallest absolute Gasteiger partial charge is 0.0700 e. The first-order valence-corrected chi connectivity index (χ1v) is 5.45. The van der Waals surface area contributed by atoms with Crippen LogP contribution in [0.2, 0.25) is 0 Å². The Morgan fingerprint density at radius 1 is 1.31 bits per heavy atom. The van der Waals surface area contributed by atoms with Gasteiger partial charge in [0, 0.05) is 19.2 Å². The Kier molecular flexibility index (Phi) is 3.39. The molecule has 1 heterocycles. The first kappa shape index (κ1) is 9.22. The van der Waals surface area contributed by atoms with Crippen LogP contribution in [0, 0.1) is 0 Å². The van der Waals surface area contributed by atoms with Crippen molar-refractivity contribution in [3.05, 3.63) is 12.2 Å². The predicted octanol–water partition coefficient (Wildman–Crippen LogP) is 1.86. The summed E-state index contributed by atoms with van der Waals surface area (Å²) in [6.45, 7) is 2.02. The molecule has 1 aliphatic carbocycles. The highest BCUT2D eigenvalue weighted by Crippen LogP contribution is 2.13. The van der Waals surface area contributed by atoms with Gasteiger partial charge in [-0.2, -0.15) is 0 Å². The van der Waals surface area contributed by atoms with E-state index in [-0.39, 0.29) is 0 Å². The Morgan fingerprint density at radius 2 is 2.31 bits per heavy atom. The monoisotopic (exact) mass is 181 g/mol. The van der Waals surface area contributed by atoms with Crippen molar-refractivity contribution in [1.82, 2.24) is 5.32 Å². The number of rotatable bonds is 3. The lowest BCUT2D eigenvalue weighted by molar-refractivity contribution is 0.107. The minimum absolute atomic E-state index is 0.492. The first-order chi connectivity index (χ1) is 6.45. The zero-order valence-corrected chi connectivity index (χ0v) is 8.17. The van der Waals surface area contributed by atoms with Gasteiger partial charge in [0.05, 0.1) is 6.10 Å². The number of allylic oxidation sites excluding steroid dienone is 1. The van der Waals surface area contributed by atoms with E-state index in [1.54, 1.807) is 0 Å². The van der Waals surface area contributed by atoms with Crippen LogP contribution >= 0.6 is 0 Å². The number of hydrogen-bond acceptors (Lipinski definition) is 2. The molecule has 0 radical (unpaired) electrons. The minimum atomic E-state index is 0.492. The first-order valence-electron chi connectivity index (χ1n) is 5.45. The van der Waals surface area contributed by atoms with E-state index in [1.807, 2.05) is 0 Å². The predicted molar refractivity (Wildman–Crippen MR) is 53.8 cm³/mol. The van der Waals surface area contributed by atoms with Crippen LogP contribution in [0.3, 0.4) is 0 Å². The van der Waals surface area contributed by atoms with Crippen molar-refractivity contribution in [2.24, 2.45) is 0 Å². The molecule has 1 fully saturated rings. The molecule has 2 rings (SSSR count). The minimum Gasteiger partial charge on any atom is -0.377 e. The van der Waals surface area contributed by atoms with Crippen molar-refractivity contribution in [3.8, 4) is 0 Å². The lowest BCUT2D eigenvalue weighted by Crippen LogP contribution is -2.35. The summed E-state index contributed by atoms with van der Waals surface area (Å²) in [5, 5.41) is 3.59. The molecular weight excluding hydrogens is 162 g/mol. The third kappa shape index (κ3) is 2.82. The summed E-state index contributed by atoms with van der Waals surface area (Å²) in [5.41, 5.74) is 0. The van der Waals surface area contributed by atoms with Crippen LogP contribution in [0.15, 0.2) is 12.2 Å². The van der Waals surface area contributed by atoms with Crippen LogP contribution in [0.5, 0.6) is 0 Å². The molecule has 1 N–H and O–H groups in total. The molecule has 0 aromatic rings. The van der Waals surface area contributed by atoms with E-state index in [4.69, 9.17) is 4.74 Å². The molecule has 0 amide bonds. The molecule has 1 saturated heterocycles. The second-order valence-corrected chi connectivity index (χ2v) is 4.02. The van der Waals surface area contributed by atoms with Gasteiger partial charge in [0.15, 0.2) is 0 Å². The van der Waals surface area contributed by atoms with Crippen molar-refractivity contribution in [2.75, 3.05) is 13.2 Å². The van der Waals surface area contributed by atoms with Gasteiger partial charge in [-0.1, -0.05) is 12.2 Å². The molecule has 2 unspecified atom stereocenters. The second kappa shape index (κ2) is 4.77. The molecule has 0 saturated carbocycles. The molecule has 74 valence electrons. The quantitative estimate of drug-likeness (QED) is 0.671. The highest BCUT2D eigenvalue weighted by molar-refractivity contribution is 4.93. The molecule has 0 spiro atoms. The van der Waals surface area contributed by atoms with Crippen molar-refractivity contribution >= 4 is 0 Å². The molecule has 2 aliphatic rings. The maximum Gasteiger partial charge on any atom is 0.0700 e. The van der Waals surface area contributed by atoms with Crippen LogP contribution < -0.4 is 5.32 Å². The topological polar surface area (TPSA) is 21.3 Å². The van der Waals surface area contributed by atoms with Crippen LogP contribution in [0.4, 0.5) is 0 Å². The highest BCUT2D eigenvalue weighted by atomic mass is 16.5. The summed E-state index contributed by atoms with van der Waals surface area (Å²) in [6.07, 6.45) is 11.3. The van der Waals surface area contributed by atoms with Crippen LogP contribution in [0.1, 0.15) is 32.1 Å². The normalized spacial score (nSPS) is 33.8. The number of ether oxygens (including phenoxy) is 1. The summed E-state index contributed by atoms with van der Waals surface area (Å²) in [4.78, 5) is 0. The lowest BCUT2D eigenvalue weighted by atomic mass is 10.0. The fraction of sp³-hybridized carbons (Fsp3) is 0.818. The Morgan fingerprint density at radius 3 is 3.00 bits per heavy atom. The lowest BCUT2D eigenvalue weighted by Gasteiger charge is -2.21. The third-order valence-corrected chi connectivity index (χ3v) is 2.93. The van der Waals surface area contributed by atoms with Crippen molar-refractivity contribution in [1.29, 1.82) is 0 Å². The van der Waals surface area contributed by atoms with Gasteiger partial charge < -0.3 is 10.1 Å². The van der Waals surface area contributed by atoms with Gasteiger partial charge in [0.1, 0.15) is 0 Å². The zero-order chi connectivity index (χ0) is 8.93. The van der Waals surface area contributed by atoms with E-state index >= 15 is 0 Å². The van der Waals surface area contributed by atoms with E-state index in [0.29, 0.717) is 12.1 Å². The zero-order valence-electron chi connectivity index (χ0n) is 8.17. The van der Waals surface area contributed by atoms with Crippen molar-refractivity contribution in [3.63, 3.8) is 0 Å². The number of hydrogen-bond donors (Lipinski definition) is 1. The van der Waals surface area contributed by atoms with Gasteiger partial charge >= 0.3 is 0 Å². The average molecular weight is 181 g/mol. The van der Waals surface area contributed by atoms with Crippen LogP contribution in [0.25, 0.3) is 0 Å². The van der Waals surface area contributed by atoms with Crippen molar-refractivity contribution in [2.45, 2.75) is 44.2 Å². The molecule has 2 nitrogen and oxygen atoms in total. The maximum atomic E-state index is 5.56. The highest BCUT2D eigenvalue weighted by Gasteiger charge is 2.17. The molecule has 13 heavy (non-hydrogen) atoms. The van der Waals surface area contributed by atoms with Gasteiger partial charge in [-0.25, -0.2) is 0 Å². The molecule has 0 bridgehead atoms. The summed E-state index contributed by atoms with van der Waals surface area (Å²) in [5.74, 6) is 0. The molecule has 0 aromatic heterocycles. The van der Waals surface area contributed by atoms with Crippen LogP contribution in [-0.2, 0) is 4.74 Å². The van der Waals surface area contributed by atoms with Gasteiger partial charge in [-0.3, -0.25) is 0 Å². The van der Waals surface area contributed by atoms with Gasteiger partial charge in [-0.15, -0.1) is 0 Å². The number of nitrogens with one attached hydrogen (secondary N) is 1. The Labute approximate surface area is 80.4 Å². The fourth-order valence-corrected chi connectivity index (χ4v) is 2.08. The van der Waals surface area contributed by atoms with E-state index in [1.165, 1.54) is 32.1 Å². The summed E-state index contributed by atoms with van der Waals surface area (Å²) in [7, 11) is 0. The van der Waals surface area contributed by atoms with E-state index in [9.17, 15) is 0 Å². The second-order valence-electron chi connectivity index (χ2n) is 4.02. The van der Waals surface area contributed by atoms with Crippen LogP contribution in [-0.4, -0.2) is 25.3 Å². The van der Waals surface area contributed by atoms with E-state index < -0.39 is 0 Å². The fourth-order valence-electron chi connectivity index (χ4n) is 2.08. The maximum absolute atomic E-state index is 5.56. The Bertz CT molecular complexity index is 173. The summed E-state index contributed by atoms with van der Waals surface area (Å²) >= 11 is 0. The van der Waals surface area contributed by atoms with Crippen molar-refractivity contribution < 1.29 is 4.74 Å². The van der Waals surface area contributed by atoms with Gasteiger partial charge in [0.2, 0.25) is 0 Å². The third-order valence-electron chi connectivity index (χ3n) is 2.93. The molecule has 1 aliphatic heterocycles. The molecular formula is C11H19NO. The summed E-state index contributed by atoms with van der Waals surface area (Å²) in [6, 6.07) is 0.703.